The van der Waals surface area contributed by atoms with Gasteiger partial charge in [0, 0.05) is 23.5 Å². The molecule has 0 bridgehead atoms. The maximum Gasteiger partial charge on any atom is 0.194 e. The van der Waals surface area contributed by atoms with Gasteiger partial charge in [0.05, 0.1) is 5.02 Å². The number of rotatable bonds is 3. The summed E-state index contributed by atoms with van der Waals surface area (Å²) in [6.45, 7) is 0. The summed E-state index contributed by atoms with van der Waals surface area (Å²) in [6.07, 6.45) is 6.85. The van der Waals surface area contributed by atoms with Crippen LogP contribution in [0.3, 0.4) is 0 Å². The molecule has 1 aliphatic rings. The van der Waals surface area contributed by atoms with Crippen molar-refractivity contribution in [1.29, 1.82) is 0 Å². The molecule has 0 N–H and O–H groups in total. The molecule has 1 saturated carbocycles. The molecule has 3 heteroatoms. The molecule has 1 fully saturated rings. The number of hydrogen-bond donors (Lipinski definition) is 0. The fraction of sp³-hybridized carbons (Fsp3) is 0.250. The van der Waals surface area contributed by atoms with E-state index in [4.69, 9.17) is 11.6 Å². The van der Waals surface area contributed by atoms with Gasteiger partial charge in [0.15, 0.2) is 5.78 Å². The Hall–Kier alpha value is -1.67. The van der Waals surface area contributed by atoms with Gasteiger partial charge < -0.3 is 0 Å². The van der Waals surface area contributed by atoms with Crippen molar-refractivity contribution in [3.05, 3.63) is 64.4 Å². The molecule has 0 unspecified atom stereocenters. The summed E-state index contributed by atoms with van der Waals surface area (Å²) >= 11 is 6.03. The number of aromatic nitrogens is 1. The zero-order valence-electron chi connectivity index (χ0n) is 10.5. The average Bonchev–Trinajstić information content (AvgIpc) is 2.37. The Kier molecular flexibility index (Phi) is 3.34. The molecule has 0 aliphatic heterocycles. The van der Waals surface area contributed by atoms with Gasteiger partial charge in [0.25, 0.3) is 0 Å². The van der Waals surface area contributed by atoms with Crippen molar-refractivity contribution in [3.63, 3.8) is 0 Å². The molecule has 1 aromatic carbocycles. The Morgan fingerprint density at radius 1 is 1.26 bits per heavy atom. The van der Waals surface area contributed by atoms with Gasteiger partial charge in [-0.2, -0.15) is 0 Å². The lowest BCUT2D eigenvalue weighted by molar-refractivity contribution is 0.103. The molecule has 3 rings (SSSR count). The van der Waals surface area contributed by atoms with Crippen molar-refractivity contribution in [3.8, 4) is 0 Å². The Bertz CT molecular complexity index is 620. The SMILES string of the molecule is O=C(c1cccc(C2CCC2)c1)c1ccncc1Cl. The van der Waals surface area contributed by atoms with Gasteiger partial charge in [-0.1, -0.05) is 36.2 Å². The first-order valence-electron chi connectivity index (χ1n) is 6.50. The van der Waals surface area contributed by atoms with E-state index in [0.717, 1.165) is 0 Å². The predicted octanol–water partition coefficient (Wildman–Crippen LogP) is 4.23. The summed E-state index contributed by atoms with van der Waals surface area (Å²) in [7, 11) is 0. The molecular weight excluding hydrogens is 258 g/mol. The fourth-order valence-electron chi connectivity index (χ4n) is 2.39. The minimum absolute atomic E-state index is 0.0337. The van der Waals surface area contributed by atoms with Crippen LogP contribution in [-0.2, 0) is 0 Å². The quantitative estimate of drug-likeness (QED) is 0.782. The number of benzene rings is 1. The summed E-state index contributed by atoms with van der Waals surface area (Å²) in [5.74, 6) is 0.592. The Morgan fingerprint density at radius 2 is 2.11 bits per heavy atom. The van der Waals surface area contributed by atoms with Crippen molar-refractivity contribution in [2.45, 2.75) is 25.2 Å². The van der Waals surface area contributed by atoms with Gasteiger partial charge >= 0.3 is 0 Å². The van der Waals surface area contributed by atoms with Crippen molar-refractivity contribution >= 4 is 17.4 Å². The second-order valence-corrected chi connectivity index (χ2v) is 5.35. The molecule has 2 nitrogen and oxygen atoms in total. The molecule has 2 aromatic rings. The van der Waals surface area contributed by atoms with Crippen LogP contribution in [0, 0.1) is 0 Å². The van der Waals surface area contributed by atoms with Gasteiger partial charge in [-0.05, 0) is 36.5 Å². The standard InChI is InChI=1S/C16H14ClNO/c17-15-10-18-8-7-14(15)16(19)13-6-2-5-12(9-13)11-3-1-4-11/h2,5-11H,1,3-4H2. The lowest BCUT2D eigenvalue weighted by atomic mass is 9.79. The van der Waals surface area contributed by atoms with Crippen molar-refractivity contribution in [2.75, 3.05) is 0 Å². The molecule has 0 spiro atoms. The normalized spacial score (nSPS) is 15.0. The molecule has 1 aliphatic carbocycles. The molecule has 1 heterocycles. The first-order valence-corrected chi connectivity index (χ1v) is 6.87. The summed E-state index contributed by atoms with van der Waals surface area (Å²) in [6, 6.07) is 9.58. The van der Waals surface area contributed by atoms with E-state index >= 15 is 0 Å². The zero-order valence-corrected chi connectivity index (χ0v) is 11.2. The van der Waals surface area contributed by atoms with Gasteiger partial charge in [-0.25, -0.2) is 0 Å². The number of carbonyl (C=O) groups excluding carboxylic acids is 1. The third-order valence-electron chi connectivity index (χ3n) is 3.74. The topological polar surface area (TPSA) is 30.0 Å². The molecule has 1 aromatic heterocycles. The lowest BCUT2D eigenvalue weighted by Gasteiger charge is -2.26. The molecule has 0 atom stereocenters. The summed E-state index contributed by atoms with van der Waals surface area (Å²) < 4.78 is 0. The van der Waals surface area contributed by atoms with Gasteiger partial charge in [0.2, 0.25) is 0 Å². The van der Waals surface area contributed by atoms with Crippen LogP contribution in [0.2, 0.25) is 5.02 Å². The summed E-state index contributed by atoms with van der Waals surface area (Å²) in [5.41, 5.74) is 2.49. The number of halogens is 1. The molecule has 0 radical (unpaired) electrons. The van der Waals surface area contributed by atoms with Crippen molar-refractivity contribution in [1.82, 2.24) is 4.98 Å². The van der Waals surface area contributed by atoms with E-state index in [1.165, 1.54) is 31.0 Å². The first-order chi connectivity index (χ1) is 9.25. The number of pyridine rings is 1. The van der Waals surface area contributed by atoms with Gasteiger partial charge in [0.1, 0.15) is 0 Å². The van der Waals surface area contributed by atoms with E-state index in [0.29, 0.717) is 22.1 Å². The van der Waals surface area contributed by atoms with Gasteiger partial charge in [-0.3, -0.25) is 9.78 Å². The molecule has 0 amide bonds. The Balaban J connectivity index is 1.93. The van der Waals surface area contributed by atoms with E-state index in [1.54, 1.807) is 12.3 Å². The maximum atomic E-state index is 12.4. The fourth-order valence-corrected chi connectivity index (χ4v) is 2.60. The highest BCUT2D eigenvalue weighted by molar-refractivity contribution is 6.34. The lowest BCUT2D eigenvalue weighted by Crippen LogP contribution is -2.10. The zero-order chi connectivity index (χ0) is 13.2. The molecule has 19 heavy (non-hydrogen) atoms. The van der Waals surface area contributed by atoms with Gasteiger partial charge in [-0.15, -0.1) is 0 Å². The first kappa shape index (κ1) is 12.4. The average molecular weight is 272 g/mol. The van der Waals surface area contributed by atoms with Crippen LogP contribution in [0.25, 0.3) is 0 Å². The van der Waals surface area contributed by atoms with E-state index in [1.807, 2.05) is 18.2 Å². The Labute approximate surface area is 117 Å². The van der Waals surface area contributed by atoms with Crippen LogP contribution in [0.15, 0.2) is 42.7 Å². The van der Waals surface area contributed by atoms with E-state index in [9.17, 15) is 4.79 Å². The molecule has 0 saturated heterocycles. The minimum atomic E-state index is -0.0337. The van der Waals surface area contributed by atoms with Crippen LogP contribution in [0.5, 0.6) is 0 Å². The smallest absolute Gasteiger partial charge is 0.194 e. The number of nitrogens with zero attached hydrogens (tertiary/aromatic N) is 1. The van der Waals surface area contributed by atoms with E-state index in [-0.39, 0.29) is 5.78 Å². The van der Waals surface area contributed by atoms with Crippen LogP contribution in [0.1, 0.15) is 46.7 Å². The second-order valence-electron chi connectivity index (χ2n) is 4.94. The highest BCUT2D eigenvalue weighted by atomic mass is 35.5. The minimum Gasteiger partial charge on any atom is -0.289 e. The van der Waals surface area contributed by atoms with Crippen molar-refractivity contribution < 1.29 is 4.79 Å². The molecule has 96 valence electrons. The number of ketones is 1. The number of hydrogen-bond acceptors (Lipinski definition) is 2. The summed E-state index contributed by atoms with van der Waals surface area (Å²) in [4.78, 5) is 16.3. The largest absolute Gasteiger partial charge is 0.289 e. The van der Waals surface area contributed by atoms with E-state index in [2.05, 4.69) is 11.1 Å². The second kappa shape index (κ2) is 5.14. The third kappa shape index (κ3) is 2.41. The monoisotopic (exact) mass is 271 g/mol. The maximum absolute atomic E-state index is 12.4. The van der Waals surface area contributed by atoms with Crippen LogP contribution < -0.4 is 0 Å². The highest BCUT2D eigenvalue weighted by Gasteiger charge is 2.21. The van der Waals surface area contributed by atoms with Crippen LogP contribution >= 0.6 is 11.6 Å². The van der Waals surface area contributed by atoms with Crippen LogP contribution in [0.4, 0.5) is 0 Å². The number of carbonyl (C=O) groups is 1. The van der Waals surface area contributed by atoms with Crippen molar-refractivity contribution in [2.24, 2.45) is 0 Å². The van der Waals surface area contributed by atoms with E-state index < -0.39 is 0 Å². The summed E-state index contributed by atoms with van der Waals surface area (Å²) in [5, 5.41) is 0.404. The Morgan fingerprint density at radius 3 is 2.79 bits per heavy atom. The third-order valence-corrected chi connectivity index (χ3v) is 4.04. The predicted molar refractivity (Wildman–Crippen MR) is 75.7 cm³/mol. The molecular formula is C16H14ClNO. The van der Waals surface area contributed by atoms with Crippen LogP contribution in [-0.4, -0.2) is 10.8 Å². The highest BCUT2D eigenvalue weighted by Crippen LogP contribution is 2.36.